The number of rotatable bonds is 3. The number of carbonyl (C=O) groups excluding carboxylic acids is 1. The van der Waals surface area contributed by atoms with Crippen molar-refractivity contribution in [3.63, 3.8) is 0 Å². The number of aromatic amines is 1. The molecule has 0 saturated carbocycles. The number of hydrogen-bond donors (Lipinski definition) is 4. The Morgan fingerprint density at radius 2 is 2.00 bits per heavy atom. The van der Waals surface area contributed by atoms with E-state index in [1.54, 1.807) is 6.92 Å². The third-order valence-corrected chi connectivity index (χ3v) is 4.71. The molecule has 0 radical (unpaired) electrons. The normalized spacial score (nSPS) is 15.2. The highest BCUT2D eigenvalue weighted by Gasteiger charge is 2.23. The Hall–Kier alpha value is -2.93. The number of aromatic nitrogens is 3. The molecule has 28 heavy (non-hydrogen) atoms. The van der Waals surface area contributed by atoms with Gasteiger partial charge < -0.3 is 20.7 Å². The molecule has 1 amide bonds. The molecular formula is C21H25N5O2. The zero-order chi connectivity index (χ0) is 20.1. The number of amides is 1. The molecule has 0 fully saturated rings. The van der Waals surface area contributed by atoms with Crippen LogP contribution in [0.25, 0.3) is 22.3 Å². The number of anilines is 1. The molecule has 146 valence electrons. The topological polar surface area (TPSA) is 103 Å². The third kappa shape index (κ3) is 3.33. The summed E-state index contributed by atoms with van der Waals surface area (Å²) in [5, 5.41) is 16.4. The second kappa shape index (κ2) is 6.60. The van der Waals surface area contributed by atoms with Crippen molar-refractivity contribution < 1.29 is 9.90 Å². The Labute approximate surface area is 163 Å². The van der Waals surface area contributed by atoms with Crippen molar-refractivity contribution in [1.29, 1.82) is 0 Å². The van der Waals surface area contributed by atoms with Gasteiger partial charge in [-0.2, -0.15) is 0 Å². The van der Waals surface area contributed by atoms with Crippen LogP contribution in [0.5, 0.6) is 0 Å². The number of hydrogen-bond acceptors (Lipinski definition) is 5. The highest BCUT2D eigenvalue weighted by atomic mass is 16.3. The lowest BCUT2D eigenvalue weighted by molar-refractivity contribution is 0.0946. The van der Waals surface area contributed by atoms with Gasteiger partial charge in [-0.1, -0.05) is 12.1 Å². The monoisotopic (exact) mass is 379 g/mol. The Morgan fingerprint density at radius 1 is 1.21 bits per heavy atom. The first-order chi connectivity index (χ1) is 13.2. The Morgan fingerprint density at radius 3 is 2.68 bits per heavy atom. The van der Waals surface area contributed by atoms with E-state index in [1.807, 2.05) is 45.0 Å². The number of nitrogens with one attached hydrogen (secondary N) is 3. The molecule has 2 aromatic heterocycles. The smallest absolute Gasteiger partial charge is 0.253 e. The van der Waals surface area contributed by atoms with Crippen LogP contribution in [0.1, 0.15) is 55.5 Å². The fourth-order valence-corrected chi connectivity index (χ4v) is 3.49. The van der Waals surface area contributed by atoms with Gasteiger partial charge in [0.15, 0.2) is 5.82 Å². The molecule has 0 bridgehead atoms. The summed E-state index contributed by atoms with van der Waals surface area (Å²) in [4.78, 5) is 25.0. The Balaban J connectivity index is 1.90. The van der Waals surface area contributed by atoms with Crippen LogP contribution in [-0.2, 0) is 6.42 Å². The largest absolute Gasteiger partial charge is 0.387 e. The molecular weight excluding hydrogens is 354 g/mol. The highest BCUT2D eigenvalue weighted by molar-refractivity contribution is 5.99. The molecule has 1 aliphatic heterocycles. The summed E-state index contributed by atoms with van der Waals surface area (Å²) in [7, 11) is 0. The van der Waals surface area contributed by atoms with E-state index in [9.17, 15) is 9.90 Å². The Bertz CT molecular complexity index is 1060. The van der Waals surface area contributed by atoms with E-state index in [1.165, 1.54) is 0 Å². The van der Waals surface area contributed by atoms with Gasteiger partial charge in [-0.25, -0.2) is 9.97 Å². The number of nitrogens with zero attached hydrogens (tertiary/aromatic N) is 2. The van der Waals surface area contributed by atoms with Crippen LogP contribution >= 0.6 is 0 Å². The van der Waals surface area contributed by atoms with Crippen molar-refractivity contribution in [1.82, 2.24) is 20.3 Å². The predicted octanol–water partition coefficient (Wildman–Crippen LogP) is 3.17. The molecule has 7 nitrogen and oxygen atoms in total. The van der Waals surface area contributed by atoms with Gasteiger partial charge in [-0.3, -0.25) is 4.79 Å². The van der Waals surface area contributed by atoms with Crippen molar-refractivity contribution in [2.75, 3.05) is 11.9 Å². The number of aliphatic hydroxyl groups excluding tert-OH is 1. The van der Waals surface area contributed by atoms with Gasteiger partial charge in [0.05, 0.1) is 17.2 Å². The van der Waals surface area contributed by atoms with E-state index in [4.69, 9.17) is 4.98 Å². The summed E-state index contributed by atoms with van der Waals surface area (Å²) in [6.45, 7) is 8.43. The van der Waals surface area contributed by atoms with Gasteiger partial charge in [-0.05, 0) is 39.8 Å². The van der Waals surface area contributed by atoms with Crippen LogP contribution < -0.4 is 10.6 Å². The highest BCUT2D eigenvalue weighted by Crippen LogP contribution is 2.32. The Kier molecular flexibility index (Phi) is 4.34. The molecule has 3 aromatic rings. The lowest BCUT2D eigenvalue weighted by Gasteiger charge is -2.24. The molecule has 1 aromatic carbocycles. The first-order valence-electron chi connectivity index (χ1n) is 9.50. The average molecular weight is 379 g/mol. The fraction of sp³-hybridized carbons (Fsp3) is 0.381. The SMILES string of the molecule is CC(O)c1nc2cccc(-c3cc4c([nH]3)CCNC4=O)c2nc1NC(C)(C)C. The van der Waals surface area contributed by atoms with Gasteiger partial charge in [-0.15, -0.1) is 0 Å². The lowest BCUT2D eigenvalue weighted by atomic mass is 10.1. The average Bonchev–Trinajstić information content (AvgIpc) is 3.04. The van der Waals surface area contributed by atoms with E-state index >= 15 is 0 Å². The van der Waals surface area contributed by atoms with Crippen molar-refractivity contribution in [3.05, 3.63) is 41.2 Å². The standard InChI is InChI=1S/C21H25N5O2/c1-11(27)17-19(26-21(2,3)4)25-18-12(6-5-7-15(18)24-17)16-10-13-14(23-16)8-9-22-20(13)28/h5-7,10-11,23,27H,8-9H2,1-4H3,(H,22,28)(H,25,26). The van der Waals surface area contributed by atoms with Crippen molar-refractivity contribution in [2.45, 2.75) is 45.8 Å². The van der Waals surface area contributed by atoms with Crippen molar-refractivity contribution in [2.24, 2.45) is 0 Å². The van der Waals surface area contributed by atoms with Gasteiger partial charge >= 0.3 is 0 Å². The first-order valence-corrected chi connectivity index (χ1v) is 9.50. The summed E-state index contributed by atoms with van der Waals surface area (Å²) in [5.41, 5.74) is 5.05. The van der Waals surface area contributed by atoms with E-state index in [0.29, 0.717) is 29.1 Å². The zero-order valence-corrected chi connectivity index (χ0v) is 16.6. The molecule has 4 N–H and O–H groups in total. The predicted molar refractivity (Wildman–Crippen MR) is 109 cm³/mol. The molecule has 3 heterocycles. The third-order valence-electron chi connectivity index (χ3n) is 4.71. The maximum absolute atomic E-state index is 12.1. The van der Waals surface area contributed by atoms with E-state index in [0.717, 1.165) is 28.9 Å². The molecule has 1 atom stereocenters. The van der Waals surface area contributed by atoms with E-state index < -0.39 is 6.10 Å². The van der Waals surface area contributed by atoms with Crippen LogP contribution in [-0.4, -0.2) is 38.0 Å². The summed E-state index contributed by atoms with van der Waals surface area (Å²) < 4.78 is 0. The number of fused-ring (bicyclic) bond motifs is 2. The number of H-pyrrole nitrogens is 1. The van der Waals surface area contributed by atoms with Crippen molar-refractivity contribution >= 4 is 22.8 Å². The first kappa shape index (κ1) is 18.4. The van der Waals surface area contributed by atoms with Gasteiger partial charge in [0.1, 0.15) is 11.2 Å². The summed E-state index contributed by atoms with van der Waals surface area (Å²) in [6.07, 6.45) is 0.0347. The second-order valence-electron chi connectivity index (χ2n) is 8.26. The quantitative estimate of drug-likeness (QED) is 0.560. The molecule has 0 aliphatic carbocycles. The van der Waals surface area contributed by atoms with Crippen LogP contribution in [0, 0.1) is 0 Å². The zero-order valence-electron chi connectivity index (χ0n) is 16.6. The number of aliphatic hydroxyl groups is 1. The molecule has 1 unspecified atom stereocenters. The molecule has 7 heteroatoms. The summed E-state index contributed by atoms with van der Waals surface area (Å²) >= 11 is 0. The molecule has 4 rings (SSSR count). The summed E-state index contributed by atoms with van der Waals surface area (Å²) in [5.74, 6) is 0.512. The maximum Gasteiger partial charge on any atom is 0.253 e. The minimum Gasteiger partial charge on any atom is -0.387 e. The molecule has 0 saturated heterocycles. The summed E-state index contributed by atoms with van der Waals surface area (Å²) in [6, 6.07) is 7.64. The van der Waals surface area contributed by atoms with Crippen LogP contribution in [0.15, 0.2) is 24.3 Å². The number of para-hydroxylation sites is 1. The number of carbonyl (C=O) groups is 1. The van der Waals surface area contributed by atoms with Crippen LogP contribution in [0.2, 0.25) is 0 Å². The van der Waals surface area contributed by atoms with E-state index in [-0.39, 0.29) is 11.4 Å². The van der Waals surface area contributed by atoms with Crippen LogP contribution in [0.3, 0.4) is 0 Å². The second-order valence-corrected chi connectivity index (χ2v) is 8.26. The van der Waals surface area contributed by atoms with Gasteiger partial charge in [0, 0.05) is 35.5 Å². The molecule has 0 spiro atoms. The van der Waals surface area contributed by atoms with Gasteiger partial charge in [0.2, 0.25) is 0 Å². The maximum atomic E-state index is 12.1. The minimum atomic E-state index is -0.744. The number of benzene rings is 1. The fourth-order valence-electron chi connectivity index (χ4n) is 3.49. The van der Waals surface area contributed by atoms with Crippen LogP contribution in [0.4, 0.5) is 5.82 Å². The van der Waals surface area contributed by atoms with Crippen molar-refractivity contribution in [3.8, 4) is 11.3 Å². The lowest BCUT2D eigenvalue weighted by Crippen LogP contribution is -2.31. The minimum absolute atomic E-state index is 0.0541. The molecule has 1 aliphatic rings. The van der Waals surface area contributed by atoms with Gasteiger partial charge in [0.25, 0.3) is 5.91 Å². The van der Waals surface area contributed by atoms with E-state index in [2.05, 4.69) is 20.6 Å².